The third kappa shape index (κ3) is 5.88. The molecule has 196 valence electrons. The first-order valence-electron chi connectivity index (χ1n) is 9.69. The molecule has 1 atom stereocenters. The first-order valence-corrected chi connectivity index (χ1v) is 9.69. The number of halogens is 9. The molecule has 1 aliphatic rings. The summed E-state index contributed by atoms with van der Waals surface area (Å²) in [5, 5.41) is 11.6. The zero-order valence-electron chi connectivity index (χ0n) is 17.5. The quantitative estimate of drug-likeness (QED) is 0.497. The van der Waals surface area contributed by atoms with Crippen molar-refractivity contribution in [1.29, 1.82) is 0 Å². The summed E-state index contributed by atoms with van der Waals surface area (Å²) in [6, 6.07) is 4.77. The topological polar surface area (TPSA) is 108 Å². The van der Waals surface area contributed by atoms with E-state index in [0.29, 0.717) is 0 Å². The highest BCUT2D eigenvalue weighted by Gasteiger charge is 2.64. The second-order valence-corrected chi connectivity index (χ2v) is 7.45. The van der Waals surface area contributed by atoms with Gasteiger partial charge in [0, 0.05) is 5.56 Å². The minimum atomic E-state index is -5.19. The zero-order valence-corrected chi connectivity index (χ0v) is 17.5. The molecule has 0 saturated heterocycles. The third-order valence-electron chi connectivity index (χ3n) is 4.87. The van der Waals surface area contributed by atoms with E-state index in [1.165, 1.54) is 12.1 Å². The second kappa shape index (κ2) is 9.34. The molecule has 0 spiro atoms. The number of hydrogen-bond donors (Lipinski definition) is 3. The standard InChI is InChI=1S/C19H14F9N5O3/c20-17(21,22)8-30-14(34)7-29-15(35)10-3-1-9(2-4-10)11-6-16(36-33-11,19(26,27)28)12-5-13(32-31-12)18(23,24)25/h1-5H,6-8H2,(H,29,35)(H,30,34)(H,31,32). The summed E-state index contributed by atoms with van der Waals surface area (Å²) in [4.78, 5) is 28.0. The highest BCUT2D eigenvalue weighted by molar-refractivity contribution is 6.03. The van der Waals surface area contributed by atoms with Crippen LogP contribution in [0.1, 0.15) is 33.7 Å². The maximum atomic E-state index is 13.9. The molecule has 1 aromatic heterocycles. The van der Waals surface area contributed by atoms with Gasteiger partial charge in [0.25, 0.3) is 11.5 Å². The number of nitrogens with one attached hydrogen (secondary N) is 3. The van der Waals surface area contributed by atoms with Crippen LogP contribution >= 0.6 is 0 Å². The molecule has 2 amide bonds. The van der Waals surface area contributed by atoms with Gasteiger partial charge in [0.2, 0.25) is 5.91 Å². The van der Waals surface area contributed by atoms with Crippen LogP contribution in [0.15, 0.2) is 35.5 Å². The van der Waals surface area contributed by atoms with Crippen molar-refractivity contribution in [3.05, 3.63) is 52.8 Å². The summed E-state index contributed by atoms with van der Waals surface area (Å²) in [5.74, 6) is -1.97. The number of nitrogens with zero attached hydrogens (tertiary/aromatic N) is 2. The highest BCUT2D eigenvalue weighted by Crippen LogP contribution is 2.48. The van der Waals surface area contributed by atoms with Crippen LogP contribution in [0.2, 0.25) is 0 Å². The number of benzene rings is 1. The van der Waals surface area contributed by atoms with Crippen LogP contribution in [0.4, 0.5) is 39.5 Å². The summed E-state index contributed by atoms with van der Waals surface area (Å²) in [5.41, 5.74) is -6.21. The summed E-state index contributed by atoms with van der Waals surface area (Å²) >= 11 is 0. The van der Waals surface area contributed by atoms with Gasteiger partial charge in [0.15, 0.2) is 5.69 Å². The van der Waals surface area contributed by atoms with E-state index in [2.05, 4.69) is 20.4 Å². The molecule has 17 heteroatoms. The Bertz CT molecular complexity index is 1150. The molecule has 36 heavy (non-hydrogen) atoms. The third-order valence-corrected chi connectivity index (χ3v) is 4.87. The SMILES string of the molecule is O=C(CNC(=O)c1ccc(C2=NOC(c3cc(C(F)(F)F)n[nH]3)(C(F)(F)F)C2)cc1)NCC(F)(F)F. The Hall–Kier alpha value is -3.79. The maximum absolute atomic E-state index is 13.9. The van der Waals surface area contributed by atoms with Gasteiger partial charge in [0.05, 0.1) is 24.4 Å². The number of carbonyl (C=O) groups is 2. The van der Waals surface area contributed by atoms with E-state index < -0.39 is 66.8 Å². The molecular formula is C19H14F9N5O3. The molecule has 2 aromatic rings. The van der Waals surface area contributed by atoms with Gasteiger partial charge < -0.3 is 15.5 Å². The Morgan fingerprint density at radius 1 is 1.00 bits per heavy atom. The van der Waals surface area contributed by atoms with Crippen LogP contribution in [0.3, 0.4) is 0 Å². The lowest BCUT2D eigenvalue weighted by atomic mass is 9.90. The van der Waals surface area contributed by atoms with Gasteiger partial charge in [-0.25, -0.2) is 0 Å². The minimum absolute atomic E-state index is 0.0381. The fourth-order valence-corrected chi connectivity index (χ4v) is 3.05. The molecule has 1 aromatic carbocycles. The number of amides is 2. The maximum Gasteiger partial charge on any atom is 0.437 e. The number of rotatable bonds is 6. The highest BCUT2D eigenvalue weighted by atomic mass is 19.4. The van der Waals surface area contributed by atoms with Gasteiger partial charge in [0.1, 0.15) is 6.54 Å². The zero-order chi connectivity index (χ0) is 26.9. The van der Waals surface area contributed by atoms with Crippen LogP contribution in [0, 0.1) is 0 Å². The number of alkyl halides is 9. The van der Waals surface area contributed by atoms with Gasteiger partial charge in [-0.1, -0.05) is 17.3 Å². The van der Waals surface area contributed by atoms with Gasteiger partial charge in [-0.15, -0.1) is 0 Å². The first kappa shape index (κ1) is 26.8. The summed E-state index contributed by atoms with van der Waals surface area (Å²) < 4.78 is 116. The fraction of sp³-hybridized carbons (Fsp3) is 0.368. The molecule has 0 aliphatic carbocycles. The number of H-pyrrole nitrogens is 1. The summed E-state index contributed by atoms with van der Waals surface area (Å²) in [7, 11) is 0. The van der Waals surface area contributed by atoms with Crippen LogP contribution in [0.25, 0.3) is 0 Å². The van der Waals surface area contributed by atoms with Gasteiger partial charge in [-0.05, 0) is 23.8 Å². The Morgan fingerprint density at radius 3 is 2.17 bits per heavy atom. The van der Waals surface area contributed by atoms with Crippen molar-refractivity contribution < 1.29 is 53.9 Å². The average Bonchev–Trinajstić information content (AvgIpc) is 3.43. The van der Waals surface area contributed by atoms with Crippen molar-refractivity contribution in [2.45, 2.75) is 30.6 Å². The number of aromatic amines is 1. The molecule has 3 N–H and O–H groups in total. The fourth-order valence-electron chi connectivity index (χ4n) is 3.05. The predicted molar refractivity (Wildman–Crippen MR) is 101 cm³/mol. The monoisotopic (exact) mass is 531 g/mol. The van der Waals surface area contributed by atoms with E-state index in [1.807, 2.05) is 0 Å². The van der Waals surface area contributed by atoms with E-state index in [4.69, 9.17) is 0 Å². The minimum Gasteiger partial charge on any atom is -0.372 e. The normalized spacial score (nSPS) is 18.4. The number of oxime groups is 1. The van der Waals surface area contributed by atoms with Crippen molar-refractivity contribution in [2.75, 3.05) is 13.1 Å². The average molecular weight is 531 g/mol. The lowest BCUT2D eigenvalue weighted by molar-refractivity contribution is -0.277. The molecule has 2 heterocycles. The Labute approximate surface area is 194 Å². The van der Waals surface area contributed by atoms with E-state index in [-0.39, 0.29) is 22.9 Å². The van der Waals surface area contributed by atoms with Crippen molar-refractivity contribution >= 4 is 17.5 Å². The second-order valence-electron chi connectivity index (χ2n) is 7.45. The molecule has 0 saturated carbocycles. The lowest BCUT2D eigenvalue weighted by Crippen LogP contribution is -2.43. The number of aromatic nitrogens is 2. The Morgan fingerprint density at radius 2 is 1.64 bits per heavy atom. The Kier molecular flexibility index (Phi) is 6.96. The van der Waals surface area contributed by atoms with Gasteiger partial charge in [-0.2, -0.15) is 44.6 Å². The van der Waals surface area contributed by atoms with E-state index in [0.717, 1.165) is 12.1 Å². The summed E-state index contributed by atoms with van der Waals surface area (Å²) in [6.45, 7) is -2.36. The number of carbonyl (C=O) groups excluding carboxylic acids is 2. The molecule has 8 nitrogen and oxygen atoms in total. The van der Waals surface area contributed by atoms with Crippen LogP contribution in [-0.2, 0) is 21.4 Å². The number of hydrogen-bond acceptors (Lipinski definition) is 5. The molecule has 0 bridgehead atoms. The summed E-state index contributed by atoms with van der Waals surface area (Å²) in [6.07, 6.45) is -15.8. The molecular weight excluding hydrogens is 517 g/mol. The van der Waals surface area contributed by atoms with Gasteiger partial charge >= 0.3 is 18.5 Å². The van der Waals surface area contributed by atoms with Crippen molar-refractivity contribution in [2.24, 2.45) is 5.16 Å². The van der Waals surface area contributed by atoms with E-state index in [1.54, 1.807) is 10.4 Å². The van der Waals surface area contributed by atoms with Crippen molar-refractivity contribution in [3.8, 4) is 0 Å². The lowest BCUT2D eigenvalue weighted by Gasteiger charge is -2.27. The molecule has 1 aliphatic heterocycles. The molecule has 0 radical (unpaired) electrons. The van der Waals surface area contributed by atoms with Crippen LogP contribution in [-0.4, -0.2) is 53.2 Å². The molecule has 1 unspecified atom stereocenters. The van der Waals surface area contributed by atoms with E-state index in [9.17, 15) is 49.1 Å². The molecule has 0 fully saturated rings. The smallest absolute Gasteiger partial charge is 0.372 e. The van der Waals surface area contributed by atoms with E-state index >= 15 is 0 Å². The van der Waals surface area contributed by atoms with Crippen molar-refractivity contribution in [3.63, 3.8) is 0 Å². The first-order chi connectivity index (χ1) is 16.5. The van der Waals surface area contributed by atoms with Crippen LogP contribution < -0.4 is 10.6 Å². The van der Waals surface area contributed by atoms with Crippen molar-refractivity contribution in [1.82, 2.24) is 20.8 Å². The molecule has 3 rings (SSSR count). The van der Waals surface area contributed by atoms with Gasteiger partial charge in [-0.3, -0.25) is 14.7 Å². The largest absolute Gasteiger partial charge is 0.437 e. The van der Waals surface area contributed by atoms with Crippen LogP contribution in [0.5, 0.6) is 0 Å². The predicted octanol–water partition coefficient (Wildman–Crippen LogP) is 3.42. The Balaban J connectivity index is 1.69.